The molecule has 0 aliphatic heterocycles. The molecule has 3 N–H and O–H groups in total. The summed E-state index contributed by atoms with van der Waals surface area (Å²) in [6, 6.07) is 3.71. The Balaban J connectivity index is 2.42. The average Bonchev–Trinajstić information content (AvgIpc) is 2.81. The van der Waals surface area contributed by atoms with Gasteiger partial charge in [0, 0.05) is 18.0 Å². The molecular formula is C11H12FN3O. The first kappa shape index (κ1) is 10.6. The molecule has 1 heterocycles. The Morgan fingerprint density at radius 2 is 2.31 bits per heavy atom. The van der Waals surface area contributed by atoms with Crippen molar-refractivity contribution in [1.29, 1.82) is 0 Å². The summed E-state index contributed by atoms with van der Waals surface area (Å²) in [6.07, 6.45) is 3.27. The van der Waals surface area contributed by atoms with Crippen LogP contribution in [0.15, 0.2) is 30.6 Å². The molecule has 2 aromatic rings. The van der Waals surface area contributed by atoms with E-state index in [0.717, 1.165) is 0 Å². The van der Waals surface area contributed by atoms with Gasteiger partial charge in [-0.3, -0.25) is 0 Å². The number of ether oxygens (including phenoxy) is 1. The molecule has 1 aromatic carbocycles. The van der Waals surface area contributed by atoms with Gasteiger partial charge < -0.3 is 15.5 Å². The van der Waals surface area contributed by atoms with Gasteiger partial charge in [0.25, 0.3) is 0 Å². The summed E-state index contributed by atoms with van der Waals surface area (Å²) in [4.78, 5) is 6.93. The molecule has 0 amide bonds. The minimum atomic E-state index is -0.527. The van der Waals surface area contributed by atoms with Crippen LogP contribution in [-0.2, 0) is 0 Å². The molecule has 0 aliphatic rings. The fourth-order valence-electron chi connectivity index (χ4n) is 1.54. The number of imidazole rings is 1. The summed E-state index contributed by atoms with van der Waals surface area (Å²) in [6.45, 7) is 0. The monoisotopic (exact) mass is 221 g/mol. The maximum absolute atomic E-state index is 13.1. The predicted molar refractivity (Wildman–Crippen MR) is 57.6 cm³/mol. The van der Waals surface area contributed by atoms with Crippen LogP contribution in [0.5, 0.6) is 5.75 Å². The predicted octanol–water partition coefficient (Wildman–Crippen LogP) is 1.61. The molecule has 16 heavy (non-hydrogen) atoms. The van der Waals surface area contributed by atoms with Gasteiger partial charge in [0.05, 0.1) is 13.2 Å². The number of nitrogens with zero attached hydrogens (tertiary/aromatic N) is 1. The number of H-pyrrole nitrogens is 1. The third-order valence-corrected chi connectivity index (χ3v) is 2.34. The maximum atomic E-state index is 13.1. The van der Waals surface area contributed by atoms with E-state index in [9.17, 15) is 4.39 Å². The summed E-state index contributed by atoms with van der Waals surface area (Å²) in [5, 5.41) is 0. The molecule has 1 unspecified atom stereocenters. The van der Waals surface area contributed by atoms with Crippen LogP contribution in [-0.4, -0.2) is 17.1 Å². The Kier molecular flexibility index (Phi) is 2.87. The molecule has 84 valence electrons. The number of nitrogens with one attached hydrogen (secondary N) is 1. The van der Waals surface area contributed by atoms with Crippen molar-refractivity contribution in [3.63, 3.8) is 0 Å². The number of methoxy groups -OCH3 is 1. The summed E-state index contributed by atoms with van der Waals surface area (Å²) in [5.41, 5.74) is 6.53. The second-order valence-electron chi connectivity index (χ2n) is 3.34. The lowest BCUT2D eigenvalue weighted by Gasteiger charge is -2.13. The Morgan fingerprint density at radius 3 is 2.94 bits per heavy atom. The number of aromatic nitrogens is 2. The molecule has 4 nitrogen and oxygen atoms in total. The zero-order chi connectivity index (χ0) is 11.5. The van der Waals surface area contributed by atoms with Crippen molar-refractivity contribution in [2.45, 2.75) is 6.04 Å². The summed E-state index contributed by atoms with van der Waals surface area (Å²) in [5.74, 6) is 0.770. The molecule has 1 aromatic heterocycles. The van der Waals surface area contributed by atoms with Crippen molar-refractivity contribution < 1.29 is 9.13 Å². The van der Waals surface area contributed by atoms with Crippen LogP contribution in [0.4, 0.5) is 4.39 Å². The quantitative estimate of drug-likeness (QED) is 0.827. The highest BCUT2D eigenvalue weighted by atomic mass is 19.1. The van der Waals surface area contributed by atoms with Gasteiger partial charge >= 0.3 is 0 Å². The number of hydrogen-bond donors (Lipinski definition) is 2. The van der Waals surface area contributed by atoms with Gasteiger partial charge in [-0.2, -0.15) is 0 Å². The van der Waals surface area contributed by atoms with Crippen LogP contribution < -0.4 is 10.5 Å². The first-order valence-corrected chi connectivity index (χ1v) is 4.80. The van der Waals surface area contributed by atoms with Gasteiger partial charge in [0.2, 0.25) is 0 Å². The molecule has 0 aliphatic carbocycles. The van der Waals surface area contributed by atoms with Crippen molar-refractivity contribution in [2.24, 2.45) is 5.73 Å². The lowest BCUT2D eigenvalue weighted by molar-refractivity contribution is 0.406. The SMILES string of the molecule is COc1ccc(F)cc1C(N)c1ncc[nH]1. The Bertz CT molecular complexity index is 470. The minimum absolute atomic E-state index is 0.349. The Labute approximate surface area is 92.3 Å². The van der Waals surface area contributed by atoms with Crippen molar-refractivity contribution >= 4 is 0 Å². The molecule has 0 saturated carbocycles. The van der Waals surface area contributed by atoms with E-state index in [0.29, 0.717) is 17.1 Å². The third-order valence-electron chi connectivity index (χ3n) is 2.34. The van der Waals surface area contributed by atoms with Crippen LogP contribution in [0, 0.1) is 5.82 Å². The largest absolute Gasteiger partial charge is 0.496 e. The van der Waals surface area contributed by atoms with Crippen molar-refractivity contribution in [3.05, 3.63) is 47.8 Å². The Morgan fingerprint density at radius 1 is 1.50 bits per heavy atom. The van der Waals surface area contributed by atoms with E-state index in [4.69, 9.17) is 10.5 Å². The number of nitrogens with two attached hydrogens (primary N) is 1. The van der Waals surface area contributed by atoms with Crippen molar-refractivity contribution in [2.75, 3.05) is 7.11 Å². The molecular weight excluding hydrogens is 209 g/mol. The Hall–Kier alpha value is -1.88. The molecule has 0 spiro atoms. The number of aromatic amines is 1. The van der Waals surface area contributed by atoms with E-state index in [1.54, 1.807) is 18.5 Å². The number of benzene rings is 1. The second kappa shape index (κ2) is 4.32. The zero-order valence-electron chi connectivity index (χ0n) is 8.77. The molecule has 0 radical (unpaired) electrons. The first-order valence-electron chi connectivity index (χ1n) is 4.80. The van der Waals surface area contributed by atoms with E-state index in [1.807, 2.05) is 0 Å². The standard InChI is InChI=1S/C11H12FN3O/c1-16-9-3-2-7(12)6-8(9)10(13)11-14-4-5-15-11/h2-6,10H,13H2,1H3,(H,14,15). The van der Waals surface area contributed by atoms with Gasteiger partial charge in [-0.25, -0.2) is 9.37 Å². The van der Waals surface area contributed by atoms with Crippen LogP contribution in [0.2, 0.25) is 0 Å². The van der Waals surface area contributed by atoms with E-state index in [1.165, 1.54) is 19.2 Å². The summed E-state index contributed by atoms with van der Waals surface area (Å²) >= 11 is 0. The summed E-state index contributed by atoms with van der Waals surface area (Å²) in [7, 11) is 1.52. The maximum Gasteiger partial charge on any atom is 0.127 e. The number of hydrogen-bond acceptors (Lipinski definition) is 3. The van der Waals surface area contributed by atoms with E-state index in [2.05, 4.69) is 9.97 Å². The first-order chi connectivity index (χ1) is 7.72. The molecule has 2 rings (SSSR count). The smallest absolute Gasteiger partial charge is 0.127 e. The summed E-state index contributed by atoms with van der Waals surface area (Å²) < 4.78 is 18.3. The zero-order valence-corrected chi connectivity index (χ0v) is 8.77. The minimum Gasteiger partial charge on any atom is -0.496 e. The number of rotatable bonds is 3. The van der Waals surface area contributed by atoms with Gasteiger partial charge in [-0.15, -0.1) is 0 Å². The highest BCUT2D eigenvalue weighted by Crippen LogP contribution is 2.27. The molecule has 1 atom stereocenters. The molecule has 0 bridgehead atoms. The van der Waals surface area contributed by atoms with Crippen LogP contribution in [0.3, 0.4) is 0 Å². The van der Waals surface area contributed by atoms with Crippen molar-refractivity contribution in [1.82, 2.24) is 9.97 Å². The fraction of sp³-hybridized carbons (Fsp3) is 0.182. The fourth-order valence-corrected chi connectivity index (χ4v) is 1.54. The van der Waals surface area contributed by atoms with Crippen LogP contribution >= 0.6 is 0 Å². The topological polar surface area (TPSA) is 63.9 Å². The van der Waals surface area contributed by atoms with E-state index < -0.39 is 6.04 Å². The highest BCUT2D eigenvalue weighted by molar-refractivity contribution is 5.38. The molecule has 0 fully saturated rings. The molecule has 0 saturated heterocycles. The van der Waals surface area contributed by atoms with E-state index >= 15 is 0 Å². The normalized spacial score (nSPS) is 12.4. The van der Waals surface area contributed by atoms with Gasteiger partial charge in [0.15, 0.2) is 0 Å². The van der Waals surface area contributed by atoms with Gasteiger partial charge in [0.1, 0.15) is 17.4 Å². The third kappa shape index (κ3) is 1.90. The van der Waals surface area contributed by atoms with Crippen molar-refractivity contribution in [3.8, 4) is 5.75 Å². The van der Waals surface area contributed by atoms with Crippen LogP contribution in [0.1, 0.15) is 17.4 Å². The molecule has 5 heteroatoms. The van der Waals surface area contributed by atoms with Crippen LogP contribution in [0.25, 0.3) is 0 Å². The van der Waals surface area contributed by atoms with E-state index in [-0.39, 0.29) is 5.82 Å². The number of halogens is 1. The average molecular weight is 221 g/mol. The van der Waals surface area contributed by atoms with Gasteiger partial charge in [-0.1, -0.05) is 0 Å². The second-order valence-corrected chi connectivity index (χ2v) is 3.34. The highest BCUT2D eigenvalue weighted by Gasteiger charge is 2.16. The lowest BCUT2D eigenvalue weighted by atomic mass is 10.1. The van der Waals surface area contributed by atoms with Gasteiger partial charge in [-0.05, 0) is 18.2 Å². The lowest BCUT2D eigenvalue weighted by Crippen LogP contribution is -2.15.